The summed E-state index contributed by atoms with van der Waals surface area (Å²) >= 11 is 2.40. The van der Waals surface area contributed by atoms with Crippen molar-refractivity contribution in [3.05, 3.63) is 0 Å². The van der Waals surface area contributed by atoms with E-state index in [4.69, 9.17) is 19.3 Å². The Kier molecular flexibility index (Phi) is 19.5. The standard InChI is InChI=1S/C17H32INO6/c18-8-3-1-2-4-10-23-12-14-25-15-13-24-11-5-9-19-16(20)6-7-17(21)22/h1-15H2,(H,19,20)(H,21,22). The van der Waals surface area contributed by atoms with Gasteiger partial charge in [-0.2, -0.15) is 0 Å². The number of nitrogens with one attached hydrogen (secondary N) is 1. The van der Waals surface area contributed by atoms with Gasteiger partial charge in [-0.05, 0) is 23.7 Å². The highest BCUT2D eigenvalue weighted by atomic mass is 127. The molecule has 0 atom stereocenters. The van der Waals surface area contributed by atoms with Crippen molar-refractivity contribution in [2.24, 2.45) is 0 Å². The number of rotatable bonds is 19. The Morgan fingerprint density at radius 1 is 0.760 bits per heavy atom. The number of carbonyl (C=O) groups is 2. The van der Waals surface area contributed by atoms with Crippen molar-refractivity contribution in [2.75, 3.05) is 50.6 Å². The molecule has 0 saturated heterocycles. The first-order chi connectivity index (χ1) is 12.2. The number of carboxylic acid groups (broad SMARTS) is 1. The van der Waals surface area contributed by atoms with Crippen molar-refractivity contribution in [2.45, 2.75) is 44.9 Å². The van der Waals surface area contributed by atoms with Gasteiger partial charge < -0.3 is 24.6 Å². The molecule has 0 aromatic rings. The molecule has 8 heteroatoms. The molecule has 2 N–H and O–H groups in total. The van der Waals surface area contributed by atoms with Crippen LogP contribution in [0.15, 0.2) is 0 Å². The number of carbonyl (C=O) groups excluding carboxylic acids is 1. The van der Waals surface area contributed by atoms with Crippen LogP contribution >= 0.6 is 22.6 Å². The van der Waals surface area contributed by atoms with E-state index in [1.807, 2.05) is 0 Å². The zero-order chi connectivity index (χ0) is 18.6. The summed E-state index contributed by atoms with van der Waals surface area (Å²) in [6.07, 6.45) is 5.50. The summed E-state index contributed by atoms with van der Waals surface area (Å²) in [5, 5.41) is 11.1. The van der Waals surface area contributed by atoms with E-state index in [1.165, 1.54) is 23.7 Å². The zero-order valence-electron chi connectivity index (χ0n) is 15.0. The van der Waals surface area contributed by atoms with E-state index >= 15 is 0 Å². The molecule has 0 aromatic carbocycles. The minimum Gasteiger partial charge on any atom is -0.481 e. The number of aliphatic carboxylic acids is 1. The average molecular weight is 473 g/mol. The van der Waals surface area contributed by atoms with Crippen LogP contribution in [0.1, 0.15) is 44.9 Å². The lowest BCUT2D eigenvalue weighted by atomic mass is 10.2. The fraction of sp³-hybridized carbons (Fsp3) is 0.882. The molecule has 0 saturated carbocycles. The highest BCUT2D eigenvalue weighted by molar-refractivity contribution is 14.1. The van der Waals surface area contributed by atoms with Crippen LogP contribution in [0.2, 0.25) is 0 Å². The summed E-state index contributed by atoms with van der Waals surface area (Å²) in [4.78, 5) is 21.6. The van der Waals surface area contributed by atoms with Crippen LogP contribution in [0.3, 0.4) is 0 Å². The molecular formula is C17H32INO6. The predicted octanol–water partition coefficient (Wildman–Crippen LogP) is 2.40. The van der Waals surface area contributed by atoms with Crippen molar-refractivity contribution >= 4 is 34.5 Å². The van der Waals surface area contributed by atoms with Crippen LogP contribution in [0.4, 0.5) is 0 Å². The Bertz CT molecular complexity index is 330. The molecule has 1 amide bonds. The van der Waals surface area contributed by atoms with Crippen LogP contribution in [0, 0.1) is 0 Å². The van der Waals surface area contributed by atoms with Gasteiger partial charge in [-0.1, -0.05) is 35.4 Å². The summed E-state index contributed by atoms with van der Waals surface area (Å²) in [6, 6.07) is 0. The van der Waals surface area contributed by atoms with Gasteiger partial charge in [0.05, 0.1) is 32.8 Å². The number of hydrogen-bond acceptors (Lipinski definition) is 5. The second-order valence-corrected chi connectivity index (χ2v) is 6.62. The predicted molar refractivity (Wildman–Crippen MR) is 104 cm³/mol. The third-order valence-corrected chi connectivity index (χ3v) is 4.03. The molecule has 25 heavy (non-hydrogen) atoms. The molecule has 0 unspecified atom stereocenters. The summed E-state index contributed by atoms with van der Waals surface area (Å²) in [5.41, 5.74) is 0. The van der Waals surface area contributed by atoms with Gasteiger partial charge in [-0.3, -0.25) is 9.59 Å². The Morgan fingerprint density at radius 2 is 1.32 bits per heavy atom. The van der Waals surface area contributed by atoms with Gasteiger partial charge in [0.25, 0.3) is 0 Å². The third kappa shape index (κ3) is 21.5. The third-order valence-electron chi connectivity index (χ3n) is 3.27. The van der Waals surface area contributed by atoms with Gasteiger partial charge >= 0.3 is 5.97 Å². The minimum atomic E-state index is -0.962. The van der Waals surface area contributed by atoms with Gasteiger partial charge in [0, 0.05) is 26.2 Å². The molecule has 0 fully saturated rings. The first kappa shape index (κ1) is 24.6. The van der Waals surface area contributed by atoms with Crippen LogP contribution in [0.25, 0.3) is 0 Å². The van der Waals surface area contributed by atoms with E-state index < -0.39 is 5.97 Å². The molecule has 0 aliphatic carbocycles. The number of hydrogen-bond donors (Lipinski definition) is 2. The highest BCUT2D eigenvalue weighted by Gasteiger charge is 2.03. The SMILES string of the molecule is O=C(O)CCC(=O)NCCCOCCOCCOCCCCCCI. The number of amides is 1. The fourth-order valence-corrected chi connectivity index (χ4v) is 2.44. The topological polar surface area (TPSA) is 94.1 Å². The summed E-state index contributed by atoms with van der Waals surface area (Å²) in [6.45, 7) is 4.08. The van der Waals surface area contributed by atoms with Gasteiger partial charge in [0.1, 0.15) is 0 Å². The average Bonchev–Trinajstić information content (AvgIpc) is 2.59. The van der Waals surface area contributed by atoms with Crippen molar-refractivity contribution in [1.82, 2.24) is 5.32 Å². The number of alkyl halides is 1. The Hall–Kier alpha value is -0.450. The largest absolute Gasteiger partial charge is 0.481 e. The molecule has 0 rings (SSSR count). The summed E-state index contributed by atoms with van der Waals surface area (Å²) < 4.78 is 17.5. The van der Waals surface area contributed by atoms with Gasteiger partial charge in [0.2, 0.25) is 5.91 Å². The quantitative estimate of drug-likeness (QED) is 0.170. The molecule has 0 bridgehead atoms. The van der Waals surface area contributed by atoms with Gasteiger partial charge in [0.15, 0.2) is 0 Å². The first-order valence-corrected chi connectivity index (χ1v) is 10.5. The molecule has 0 spiro atoms. The van der Waals surface area contributed by atoms with Gasteiger partial charge in [-0.25, -0.2) is 0 Å². The molecule has 148 valence electrons. The molecule has 0 aromatic heterocycles. The lowest BCUT2D eigenvalue weighted by Gasteiger charge is -2.07. The van der Waals surface area contributed by atoms with Crippen LogP contribution < -0.4 is 5.32 Å². The van der Waals surface area contributed by atoms with E-state index in [-0.39, 0.29) is 18.7 Å². The maximum atomic E-state index is 11.2. The molecule has 0 aliphatic heterocycles. The molecule has 0 aliphatic rings. The van der Waals surface area contributed by atoms with E-state index in [0.29, 0.717) is 46.0 Å². The van der Waals surface area contributed by atoms with E-state index in [0.717, 1.165) is 13.0 Å². The maximum Gasteiger partial charge on any atom is 0.303 e. The molecule has 0 heterocycles. The van der Waals surface area contributed by atoms with Crippen LogP contribution in [-0.2, 0) is 23.8 Å². The summed E-state index contributed by atoms with van der Waals surface area (Å²) in [5.74, 6) is -1.20. The molecule has 7 nitrogen and oxygen atoms in total. The number of unbranched alkanes of at least 4 members (excludes halogenated alkanes) is 3. The van der Waals surface area contributed by atoms with Crippen molar-refractivity contribution < 1.29 is 28.9 Å². The van der Waals surface area contributed by atoms with Gasteiger partial charge in [-0.15, -0.1) is 0 Å². The number of ether oxygens (including phenoxy) is 3. The van der Waals surface area contributed by atoms with Crippen molar-refractivity contribution in [3.8, 4) is 0 Å². The Labute approximate surface area is 164 Å². The monoisotopic (exact) mass is 473 g/mol. The number of halogens is 1. The lowest BCUT2D eigenvalue weighted by Crippen LogP contribution is -2.25. The summed E-state index contributed by atoms with van der Waals surface area (Å²) in [7, 11) is 0. The minimum absolute atomic E-state index is 0.0184. The molecular weight excluding hydrogens is 441 g/mol. The van der Waals surface area contributed by atoms with Crippen LogP contribution in [0.5, 0.6) is 0 Å². The van der Waals surface area contributed by atoms with Crippen molar-refractivity contribution in [1.29, 1.82) is 0 Å². The first-order valence-electron chi connectivity index (χ1n) is 8.94. The zero-order valence-corrected chi connectivity index (χ0v) is 17.1. The second kappa shape index (κ2) is 19.9. The highest BCUT2D eigenvalue weighted by Crippen LogP contribution is 2.02. The van der Waals surface area contributed by atoms with Crippen LogP contribution in [-0.4, -0.2) is 67.6 Å². The normalized spacial score (nSPS) is 10.8. The lowest BCUT2D eigenvalue weighted by molar-refractivity contribution is -0.138. The van der Waals surface area contributed by atoms with Crippen molar-refractivity contribution in [3.63, 3.8) is 0 Å². The maximum absolute atomic E-state index is 11.2. The number of carboxylic acids is 1. The fourth-order valence-electron chi connectivity index (χ4n) is 1.90. The second-order valence-electron chi connectivity index (χ2n) is 5.54. The van der Waals surface area contributed by atoms with E-state index in [1.54, 1.807) is 0 Å². The Balaban J connectivity index is 3.09. The molecule has 0 radical (unpaired) electrons. The van der Waals surface area contributed by atoms with E-state index in [9.17, 15) is 9.59 Å². The van der Waals surface area contributed by atoms with E-state index in [2.05, 4.69) is 27.9 Å². The Morgan fingerprint density at radius 3 is 1.92 bits per heavy atom. The smallest absolute Gasteiger partial charge is 0.303 e.